The third kappa shape index (κ3) is 3.93. The molecule has 0 bridgehead atoms. The Bertz CT molecular complexity index is 303. The molecule has 102 valence electrons. The van der Waals surface area contributed by atoms with E-state index in [0.29, 0.717) is 0 Å². The second-order valence-electron chi connectivity index (χ2n) is 3.49. The fourth-order valence-corrected chi connectivity index (χ4v) is 1.39. The van der Waals surface area contributed by atoms with E-state index in [1.54, 1.807) is 0 Å². The van der Waals surface area contributed by atoms with Crippen molar-refractivity contribution in [3.05, 3.63) is 0 Å². The van der Waals surface area contributed by atoms with Gasteiger partial charge in [0.15, 0.2) is 0 Å². The van der Waals surface area contributed by atoms with Gasteiger partial charge in [-0.15, -0.1) is 4.67 Å². The van der Waals surface area contributed by atoms with E-state index in [1.165, 1.54) is 0 Å². The highest BCUT2D eigenvalue weighted by Gasteiger charge is 2.49. The first-order valence-electron chi connectivity index (χ1n) is 4.43. The minimum absolute atomic E-state index is 0.492. The van der Waals surface area contributed by atoms with Gasteiger partial charge in [0.05, 0.1) is 6.61 Å². The van der Waals surface area contributed by atoms with Crippen molar-refractivity contribution in [3.63, 3.8) is 0 Å². The van der Waals surface area contributed by atoms with Crippen molar-refractivity contribution in [1.29, 1.82) is 0 Å². The van der Waals surface area contributed by atoms with Crippen LogP contribution in [0.2, 0.25) is 0 Å². The van der Waals surface area contributed by atoms with Gasteiger partial charge in [-0.1, -0.05) is 0 Å². The second-order valence-corrected chi connectivity index (χ2v) is 4.62. The summed E-state index contributed by atoms with van der Waals surface area (Å²) in [5.41, 5.74) is 0. The normalized spacial score (nSPS) is 39.3. The molecule has 10 nitrogen and oxygen atoms in total. The van der Waals surface area contributed by atoms with Gasteiger partial charge in [-0.25, -0.2) is 9.45 Å². The molecule has 0 aromatic carbocycles. The van der Waals surface area contributed by atoms with Crippen molar-refractivity contribution in [2.45, 2.75) is 24.1 Å². The largest absolute Gasteiger partial charge is 0.496 e. The highest BCUT2D eigenvalue weighted by molar-refractivity contribution is 7.46. The monoisotopic (exact) mass is 282 g/mol. The van der Waals surface area contributed by atoms with Gasteiger partial charge in [0.25, 0.3) is 0 Å². The van der Waals surface area contributed by atoms with E-state index in [2.05, 4.69) is 14.3 Å². The van der Waals surface area contributed by atoms with E-state index in [9.17, 15) is 19.9 Å². The van der Waals surface area contributed by atoms with Crippen molar-refractivity contribution in [2.24, 2.45) is 0 Å². The summed E-state index contributed by atoms with van der Waals surface area (Å²) in [6, 6.07) is 0. The van der Waals surface area contributed by atoms with Crippen LogP contribution in [0.3, 0.4) is 0 Å². The van der Waals surface area contributed by atoms with Crippen molar-refractivity contribution in [2.75, 3.05) is 13.2 Å². The highest BCUT2D eigenvalue weighted by atomic mass is 31.2. The number of hydrogen-bond acceptors (Lipinski definition) is 8. The molecule has 17 heavy (non-hydrogen) atoms. The van der Waals surface area contributed by atoms with Gasteiger partial charge < -0.3 is 34.9 Å². The zero-order chi connectivity index (χ0) is 13.3. The second kappa shape index (κ2) is 5.24. The molecule has 1 aliphatic heterocycles. The van der Waals surface area contributed by atoms with Crippen LogP contribution in [0.15, 0.2) is 0 Å². The van der Waals surface area contributed by atoms with Crippen LogP contribution in [-0.2, 0) is 18.9 Å². The summed E-state index contributed by atoms with van der Waals surface area (Å²) in [7, 11) is -4.89. The maximum absolute atomic E-state index is 10.2. The number of phosphoric acid groups is 1. The summed E-state index contributed by atoms with van der Waals surface area (Å²) < 4.78 is 18.4. The standard InChI is InChI=1S/C6H13O10P/c7-3-1-14-6(10,5(9)4(3)8)2-15-16-17(11,12)13/h3-5,7-10H,1-2H2,(H2,11,12,13)/t3-,4-,5+,6?/m0/s1/i1+1,2+1,3+1,4+1,5+1,6+1. The molecule has 0 aromatic rings. The molecule has 4 atom stereocenters. The lowest BCUT2D eigenvalue weighted by molar-refractivity contribution is -0.369. The molecular formula is C6H13O10P. The summed E-state index contributed by atoms with van der Waals surface area (Å²) in [5, 5.41) is 37.3. The predicted molar refractivity (Wildman–Crippen MR) is 48.0 cm³/mol. The maximum atomic E-state index is 10.2. The Morgan fingerprint density at radius 1 is 1.35 bits per heavy atom. The van der Waals surface area contributed by atoms with Crippen molar-refractivity contribution < 1.29 is 49.1 Å². The third-order valence-corrected chi connectivity index (χ3v) is 2.40. The molecule has 0 amide bonds. The Hall–Kier alpha value is -0.130. The van der Waals surface area contributed by atoms with Crippen molar-refractivity contribution in [3.8, 4) is 0 Å². The topological polar surface area (TPSA) is 166 Å². The summed E-state index contributed by atoms with van der Waals surface area (Å²) >= 11 is 0. The van der Waals surface area contributed by atoms with E-state index in [1.807, 2.05) is 0 Å². The number of hydrogen-bond donors (Lipinski definition) is 6. The summed E-state index contributed by atoms with van der Waals surface area (Å²) in [5.74, 6) is -2.44. The molecule has 1 saturated heterocycles. The summed E-state index contributed by atoms with van der Waals surface area (Å²) in [4.78, 5) is 20.6. The maximum Gasteiger partial charge on any atom is 0.496 e. The van der Waals surface area contributed by atoms with E-state index in [4.69, 9.17) is 14.9 Å². The molecule has 0 spiro atoms. The number of aliphatic hydroxyl groups is 4. The van der Waals surface area contributed by atoms with Crippen LogP contribution < -0.4 is 0 Å². The Labute approximate surface area is 95.1 Å². The van der Waals surface area contributed by atoms with Crippen LogP contribution in [0.25, 0.3) is 0 Å². The van der Waals surface area contributed by atoms with E-state index in [0.717, 1.165) is 0 Å². The minimum atomic E-state index is -4.89. The molecule has 1 heterocycles. The lowest BCUT2D eigenvalue weighted by atomic mass is 10.9. The Morgan fingerprint density at radius 3 is 2.47 bits per heavy atom. The molecule has 11 heteroatoms. The first kappa shape index (κ1) is 14.9. The van der Waals surface area contributed by atoms with Crippen LogP contribution in [0.1, 0.15) is 0 Å². The Balaban J connectivity index is 2.53. The summed E-state index contributed by atoms with van der Waals surface area (Å²) in [6.07, 6.45) is -5.01. The quantitative estimate of drug-likeness (QED) is 0.134. The lowest BCUT2D eigenvalue weighted by Gasteiger charge is -2.40. The summed E-state index contributed by atoms with van der Waals surface area (Å²) in [6.45, 7) is -1.46. The highest BCUT2D eigenvalue weighted by Crippen LogP contribution is 2.36. The van der Waals surface area contributed by atoms with E-state index >= 15 is 0 Å². The lowest BCUT2D eigenvalue weighted by Crippen LogP contribution is -2.62. The average molecular weight is 282 g/mol. The molecule has 1 unspecified atom stereocenters. The van der Waals surface area contributed by atoms with Gasteiger partial charge in [0.2, 0.25) is 5.79 Å². The molecule has 6 N–H and O–H groups in total. The molecule has 0 radical (unpaired) electrons. The van der Waals surface area contributed by atoms with Crippen molar-refractivity contribution >= 4 is 7.82 Å². The van der Waals surface area contributed by atoms with Gasteiger partial charge in [0, 0.05) is 0 Å². The number of aliphatic hydroxyl groups excluding tert-OH is 3. The Morgan fingerprint density at radius 2 is 1.94 bits per heavy atom. The average Bonchev–Trinajstić information content (AvgIpc) is 2.20. The van der Waals surface area contributed by atoms with Gasteiger partial charge in [-0.3, -0.25) is 0 Å². The van der Waals surface area contributed by atoms with Gasteiger partial charge >= 0.3 is 7.82 Å². The zero-order valence-electron chi connectivity index (χ0n) is 8.41. The van der Waals surface area contributed by atoms with Gasteiger partial charge in [-0.05, 0) is 0 Å². The Kier molecular flexibility index (Phi) is 4.60. The SMILES string of the molecule is O=P(O)(O)OO[13CH2][13C]1(O)O[13CH2][13C@H](O)[13C@H](O)[13C@H]1O. The van der Waals surface area contributed by atoms with E-state index < -0.39 is 45.1 Å². The van der Waals surface area contributed by atoms with Crippen molar-refractivity contribution in [1.82, 2.24) is 0 Å². The van der Waals surface area contributed by atoms with Crippen LogP contribution in [0.5, 0.6) is 0 Å². The molecule has 0 aliphatic carbocycles. The van der Waals surface area contributed by atoms with Gasteiger partial charge in [0.1, 0.15) is 24.9 Å². The molecule has 1 fully saturated rings. The van der Waals surface area contributed by atoms with Gasteiger partial charge in [-0.2, -0.15) is 0 Å². The van der Waals surface area contributed by atoms with Crippen LogP contribution in [0.4, 0.5) is 0 Å². The minimum Gasteiger partial charge on any atom is -0.388 e. The first-order valence-corrected chi connectivity index (χ1v) is 5.96. The van der Waals surface area contributed by atoms with Crippen LogP contribution in [0, 0.1) is 0 Å². The molecule has 1 rings (SSSR count). The molecule has 0 aromatic heterocycles. The number of rotatable bonds is 4. The molecule has 1 aliphatic rings. The fraction of sp³-hybridized carbons (Fsp3) is 1.00. The zero-order valence-corrected chi connectivity index (χ0v) is 9.30. The number of ether oxygens (including phenoxy) is 1. The van der Waals surface area contributed by atoms with Crippen LogP contribution in [-0.4, -0.2) is 67.5 Å². The smallest absolute Gasteiger partial charge is 0.388 e. The first-order chi connectivity index (χ1) is 7.66. The van der Waals surface area contributed by atoms with Crippen LogP contribution >= 0.6 is 7.82 Å². The van der Waals surface area contributed by atoms with E-state index in [-0.39, 0.29) is 0 Å². The predicted octanol–water partition coefficient (Wildman–Crippen LogP) is -3.17. The molecular weight excluding hydrogens is 269 g/mol. The molecule has 0 saturated carbocycles. The third-order valence-electron chi connectivity index (χ3n) is 2.10. The fourth-order valence-electron chi connectivity index (χ4n) is 1.20.